The molecule has 1 atom stereocenters. The topological polar surface area (TPSA) is 122 Å². The molecular formula is C20H28N4O4. The van der Waals surface area contributed by atoms with Crippen LogP contribution in [0.15, 0.2) is 30.3 Å². The fraction of sp³-hybridized carbons (Fsp3) is 0.500. The maximum absolute atomic E-state index is 13.2. The molecule has 4 N–H and O–H groups in total. The number of unbranched alkanes of at least 4 members (excludes halogenated alkanes) is 1. The van der Waals surface area contributed by atoms with Gasteiger partial charge in [0.2, 0.25) is 11.8 Å². The van der Waals surface area contributed by atoms with E-state index in [0.717, 1.165) is 11.3 Å². The molecule has 28 heavy (non-hydrogen) atoms. The molecule has 1 saturated heterocycles. The normalized spacial score (nSPS) is 19.5. The highest BCUT2D eigenvalue weighted by atomic mass is 16.2. The van der Waals surface area contributed by atoms with Gasteiger partial charge in [0.25, 0.3) is 5.91 Å². The van der Waals surface area contributed by atoms with Crippen molar-refractivity contribution in [1.29, 1.82) is 0 Å². The van der Waals surface area contributed by atoms with Crippen molar-refractivity contribution >= 4 is 23.8 Å². The third kappa shape index (κ3) is 4.56. The molecule has 2 rings (SSSR count). The molecule has 1 aliphatic rings. The Balaban J connectivity index is 2.01. The van der Waals surface area contributed by atoms with E-state index in [4.69, 9.17) is 5.73 Å². The van der Waals surface area contributed by atoms with E-state index in [9.17, 15) is 19.2 Å². The highest BCUT2D eigenvalue weighted by Crippen LogP contribution is 2.33. The highest BCUT2D eigenvalue weighted by molar-refractivity contribution is 6.22. The van der Waals surface area contributed by atoms with Crippen LogP contribution in [0.4, 0.5) is 4.79 Å². The SMILES string of the molecule is CCC1(c2ccccc2)C(=O)NC(=O)N(CCCCC(=O)NCCCN)C1=O. The van der Waals surface area contributed by atoms with Crippen LogP contribution in [0.1, 0.15) is 44.6 Å². The average molecular weight is 388 g/mol. The summed E-state index contributed by atoms with van der Waals surface area (Å²) in [6.07, 6.45) is 2.29. The van der Waals surface area contributed by atoms with Crippen LogP contribution in [0.25, 0.3) is 0 Å². The van der Waals surface area contributed by atoms with Crippen molar-refractivity contribution < 1.29 is 19.2 Å². The predicted molar refractivity (Wildman–Crippen MR) is 104 cm³/mol. The Morgan fingerprint density at radius 1 is 1.14 bits per heavy atom. The van der Waals surface area contributed by atoms with Gasteiger partial charge in [0.15, 0.2) is 5.41 Å². The number of hydrogen-bond acceptors (Lipinski definition) is 5. The number of carbonyl (C=O) groups excluding carboxylic acids is 4. The maximum atomic E-state index is 13.2. The fourth-order valence-corrected chi connectivity index (χ4v) is 3.36. The van der Waals surface area contributed by atoms with E-state index in [1.54, 1.807) is 37.3 Å². The van der Waals surface area contributed by atoms with Crippen LogP contribution in [0, 0.1) is 0 Å². The summed E-state index contributed by atoms with van der Waals surface area (Å²) in [7, 11) is 0. The lowest BCUT2D eigenvalue weighted by molar-refractivity contribution is -0.145. The van der Waals surface area contributed by atoms with Crippen molar-refractivity contribution in [2.75, 3.05) is 19.6 Å². The molecular weight excluding hydrogens is 360 g/mol. The van der Waals surface area contributed by atoms with Gasteiger partial charge in [-0.05, 0) is 37.8 Å². The third-order valence-electron chi connectivity index (χ3n) is 5.00. The Morgan fingerprint density at radius 3 is 2.50 bits per heavy atom. The van der Waals surface area contributed by atoms with Gasteiger partial charge >= 0.3 is 6.03 Å². The van der Waals surface area contributed by atoms with Crippen molar-refractivity contribution in [2.24, 2.45) is 5.73 Å². The molecule has 0 aliphatic carbocycles. The molecule has 1 aromatic rings. The van der Waals surface area contributed by atoms with E-state index < -0.39 is 23.3 Å². The Morgan fingerprint density at radius 2 is 1.86 bits per heavy atom. The van der Waals surface area contributed by atoms with E-state index in [1.807, 2.05) is 0 Å². The first-order valence-corrected chi connectivity index (χ1v) is 9.67. The molecule has 1 unspecified atom stereocenters. The Hall–Kier alpha value is -2.74. The number of imide groups is 2. The molecule has 1 aromatic carbocycles. The van der Waals surface area contributed by atoms with Crippen LogP contribution in [0.5, 0.6) is 0 Å². The first-order valence-electron chi connectivity index (χ1n) is 9.67. The number of nitrogens with zero attached hydrogens (tertiary/aromatic N) is 1. The molecule has 5 amide bonds. The van der Waals surface area contributed by atoms with Crippen LogP contribution in [0.3, 0.4) is 0 Å². The zero-order valence-electron chi connectivity index (χ0n) is 16.2. The van der Waals surface area contributed by atoms with Gasteiger partial charge in [-0.25, -0.2) is 4.79 Å². The second-order valence-electron chi connectivity index (χ2n) is 6.79. The van der Waals surface area contributed by atoms with Crippen LogP contribution in [-0.4, -0.2) is 48.3 Å². The van der Waals surface area contributed by atoms with E-state index >= 15 is 0 Å². The predicted octanol–water partition coefficient (Wildman–Crippen LogP) is 1.05. The minimum Gasteiger partial charge on any atom is -0.356 e. The molecule has 0 spiro atoms. The van der Waals surface area contributed by atoms with Gasteiger partial charge < -0.3 is 11.1 Å². The van der Waals surface area contributed by atoms with Gasteiger partial charge in [-0.2, -0.15) is 0 Å². The van der Waals surface area contributed by atoms with E-state index in [0.29, 0.717) is 37.9 Å². The van der Waals surface area contributed by atoms with Gasteiger partial charge in [0.1, 0.15) is 0 Å². The summed E-state index contributed by atoms with van der Waals surface area (Å²) >= 11 is 0. The Bertz CT molecular complexity index is 722. The van der Waals surface area contributed by atoms with Crippen molar-refractivity contribution in [3.8, 4) is 0 Å². The molecule has 0 radical (unpaired) electrons. The quantitative estimate of drug-likeness (QED) is 0.408. The largest absolute Gasteiger partial charge is 0.356 e. The summed E-state index contributed by atoms with van der Waals surface area (Å²) in [5.74, 6) is -1.18. The van der Waals surface area contributed by atoms with Gasteiger partial charge in [-0.15, -0.1) is 0 Å². The number of nitrogens with two attached hydrogens (primary N) is 1. The number of rotatable bonds is 10. The van der Waals surface area contributed by atoms with Gasteiger partial charge in [-0.3, -0.25) is 24.6 Å². The van der Waals surface area contributed by atoms with Crippen LogP contribution in [-0.2, 0) is 19.8 Å². The molecule has 1 fully saturated rings. The summed E-state index contributed by atoms with van der Waals surface area (Å²) in [4.78, 5) is 50.8. The number of amides is 5. The summed E-state index contributed by atoms with van der Waals surface area (Å²) in [6.45, 7) is 2.97. The lowest BCUT2D eigenvalue weighted by Crippen LogP contribution is -2.65. The van der Waals surface area contributed by atoms with Crippen molar-refractivity contribution in [1.82, 2.24) is 15.5 Å². The standard InChI is InChI=1S/C20H28N4O4/c1-2-20(15-9-4-3-5-10-15)17(26)23-19(28)24(18(20)27)14-7-6-11-16(25)22-13-8-12-21/h3-5,9-10H,2,6-8,11-14,21H2,1H3,(H,22,25)(H,23,26,28). The third-order valence-corrected chi connectivity index (χ3v) is 5.00. The fourth-order valence-electron chi connectivity index (χ4n) is 3.36. The van der Waals surface area contributed by atoms with Crippen molar-refractivity contribution in [3.63, 3.8) is 0 Å². The van der Waals surface area contributed by atoms with Gasteiger partial charge in [0, 0.05) is 19.5 Å². The van der Waals surface area contributed by atoms with Crippen LogP contribution in [0.2, 0.25) is 0 Å². The molecule has 152 valence electrons. The van der Waals surface area contributed by atoms with Crippen LogP contribution < -0.4 is 16.4 Å². The first kappa shape index (κ1) is 21.6. The lowest BCUT2D eigenvalue weighted by Gasteiger charge is -2.39. The van der Waals surface area contributed by atoms with Crippen molar-refractivity contribution in [2.45, 2.75) is 44.4 Å². The first-order chi connectivity index (χ1) is 13.5. The van der Waals surface area contributed by atoms with E-state index in [1.165, 1.54) is 0 Å². The minimum atomic E-state index is -1.41. The number of hydrogen-bond donors (Lipinski definition) is 3. The molecule has 8 heteroatoms. The maximum Gasteiger partial charge on any atom is 0.330 e. The number of nitrogens with one attached hydrogen (secondary N) is 2. The van der Waals surface area contributed by atoms with Crippen molar-refractivity contribution in [3.05, 3.63) is 35.9 Å². The number of urea groups is 1. The second kappa shape index (κ2) is 9.98. The zero-order valence-corrected chi connectivity index (χ0v) is 16.2. The number of barbiturate groups is 1. The van der Waals surface area contributed by atoms with Crippen LogP contribution >= 0.6 is 0 Å². The summed E-state index contributed by atoms with van der Waals surface area (Å²) in [6, 6.07) is 8.07. The number of benzene rings is 1. The average Bonchev–Trinajstić information content (AvgIpc) is 2.69. The van der Waals surface area contributed by atoms with E-state index in [2.05, 4.69) is 10.6 Å². The molecule has 0 saturated carbocycles. The highest BCUT2D eigenvalue weighted by Gasteiger charge is 2.53. The summed E-state index contributed by atoms with van der Waals surface area (Å²) < 4.78 is 0. The molecule has 1 aliphatic heterocycles. The molecule has 0 bridgehead atoms. The smallest absolute Gasteiger partial charge is 0.330 e. The van der Waals surface area contributed by atoms with Gasteiger partial charge in [0.05, 0.1) is 0 Å². The van der Waals surface area contributed by atoms with Gasteiger partial charge in [-0.1, -0.05) is 37.3 Å². The Labute approximate surface area is 164 Å². The summed E-state index contributed by atoms with van der Waals surface area (Å²) in [5, 5.41) is 5.09. The lowest BCUT2D eigenvalue weighted by atomic mass is 9.74. The van der Waals surface area contributed by atoms with E-state index in [-0.39, 0.29) is 18.9 Å². The molecule has 1 heterocycles. The monoisotopic (exact) mass is 388 g/mol. The summed E-state index contributed by atoms with van der Waals surface area (Å²) in [5.41, 5.74) is 4.54. The molecule has 0 aromatic heterocycles. The second-order valence-corrected chi connectivity index (χ2v) is 6.79. The molecule has 8 nitrogen and oxygen atoms in total. The Kier molecular flexibility index (Phi) is 7.69. The zero-order chi connectivity index (χ0) is 20.6. The number of carbonyl (C=O) groups is 4. The minimum absolute atomic E-state index is 0.0785.